The second kappa shape index (κ2) is 11.6. The first kappa shape index (κ1) is 26.5. The Labute approximate surface area is 208 Å². The van der Waals surface area contributed by atoms with Crippen LogP contribution < -0.4 is 0 Å². The molecule has 0 amide bonds. The van der Waals surface area contributed by atoms with Crippen LogP contribution in [0.1, 0.15) is 50.8 Å². The maximum Gasteiger partial charge on any atom is 0.313 e. The van der Waals surface area contributed by atoms with Crippen molar-refractivity contribution in [3.05, 3.63) is 46.3 Å². The zero-order chi connectivity index (χ0) is 24.9. The maximum absolute atomic E-state index is 12.9. The highest BCUT2D eigenvalue weighted by molar-refractivity contribution is 7.19. The molecule has 1 heterocycles. The summed E-state index contributed by atoms with van der Waals surface area (Å²) in [6, 6.07) is 7.93. The minimum Gasteiger partial charge on any atom is -0.395 e. The standard InChI is InChI=1S/C26H31ClO6S/c1-26(2)24(31)17(7-4-6-10-22(30)33-15-28)18(25(26)32)13-11-16(29)12-14-21-23(27)19-8-3-5-9-20(19)34-21/h3,5,8-9,11,13,15-18,25,29,32H,4,6-7,10,12,14H2,1-2H3/b13-11+/t16?,17-,18-,25+/m1/s1. The molecule has 6 nitrogen and oxygen atoms in total. The Balaban J connectivity index is 1.60. The minimum absolute atomic E-state index is 0.0170. The first-order valence-electron chi connectivity index (χ1n) is 11.5. The van der Waals surface area contributed by atoms with E-state index >= 15 is 0 Å². The number of ketones is 1. The number of aliphatic hydroxyl groups excluding tert-OH is 2. The number of unbranched alkanes of at least 4 members (excludes halogenated alkanes) is 1. The lowest BCUT2D eigenvalue weighted by atomic mass is 9.86. The van der Waals surface area contributed by atoms with Crippen LogP contribution >= 0.6 is 22.9 Å². The summed E-state index contributed by atoms with van der Waals surface area (Å²) in [6.45, 7) is 3.59. The SMILES string of the molecule is CC1(C)C(=O)[C@H](CCCCC(=O)OC=O)[C@@H](/C=C/C(O)CCc2sc3ccccc3c2Cl)[C@@H]1O. The van der Waals surface area contributed by atoms with E-state index in [0.717, 1.165) is 20.0 Å². The van der Waals surface area contributed by atoms with Crippen molar-refractivity contribution in [2.24, 2.45) is 17.3 Å². The number of carbonyl (C=O) groups excluding carboxylic acids is 3. The third-order valence-electron chi connectivity index (χ3n) is 6.69. The Bertz CT molecular complexity index is 1060. The molecule has 0 bridgehead atoms. The molecule has 0 radical (unpaired) electrons. The molecule has 1 unspecified atom stereocenters. The number of fused-ring (bicyclic) bond motifs is 1. The van der Waals surface area contributed by atoms with Crippen LogP contribution in [0.5, 0.6) is 0 Å². The van der Waals surface area contributed by atoms with Gasteiger partial charge in [-0.1, -0.05) is 62.2 Å². The molecule has 3 rings (SSSR count). The predicted molar refractivity (Wildman–Crippen MR) is 133 cm³/mol. The van der Waals surface area contributed by atoms with E-state index in [1.807, 2.05) is 24.3 Å². The van der Waals surface area contributed by atoms with Gasteiger partial charge in [-0.3, -0.25) is 14.4 Å². The van der Waals surface area contributed by atoms with Gasteiger partial charge in [-0.05, 0) is 31.7 Å². The lowest BCUT2D eigenvalue weighted by Crippen LogP contribution is -2.31. The van der Waals surface area contributed by atoms with Crippen molar-refractivity contribution in [1.82, 2.24) is 0 Å². The quantitative estimate of drug-likeness (QED) is 0.148. The molecule has 2 aromatic rings. The summed E-state index contributed by atoms with van der Waals surface area (Å²) in [7, 11) is 0. The van der Waals surface area contributed by atoms with E-state index in [4.69, 9.17) is 11.6 Å². The van der Waals surface area contributed by atoms with Gasteiger partial charge in [0.2, 0.25) is 0 Å². The topological polar surface area (TPSA) is 101 Å². The molecule has 8 heteroatoms. The van der Waals surface area contributed by atoms with Crippen molar-refractivity contribution in [3.63, 3.8) is 0 Å². The number of thiophene rings is 1. The van der Waals surface area contributed by atoms with E-state index < -0.39 is 35.4 Å². The fraction of sp³-hybridized carbons (Fsp3) is 0.500. The van der Waals surface area contributed by atoms with Crippen molar-refractivity contribution < 1.29 is 29.3 Å². The van der Waals surface area contributed by atoms with Crippen LogP contribution in [-0.2, 0) is 25.5 Å². The lowest BCUT2D eigenvalue weighted by Gasteiger charge is -2.22. The number of Topliss-reactive ketones (excluding diaryl/α,β-unsaturated/α-hetero) is 1. The molecule has 0 saturated heterocycles. The molecule has 1 aliphatic carbocycles. The van der Waals surface area contributed by atoms with Gasteiger partial charge in [0.25, 0.3) is 0 Å². The van der Waals surface area contributed by atoms with Crippen LogP contribution in [0.2, 0.25) is 5.02 Å². The van der Waals surface area contributed by atoms with Gasteiger partial charge in [-0.2, -0.15) is 0 Å². The van der Waals surface area contributed by atoms with E-state index in [1.54, 1.807) is 37.3 Å². The van der Waals surface area contributed by atoms with Gasteiger partial charge in [0, 0.05) is 33.2 Å². The predicted octanol–water partition coefficient (Wildman–Crippen LogP) is 4.87. The van der Waals surface area contributed by atoms with E-state index in [9.17, 15) is 24.6 Å². The average molecular weight is 507 g/mol. The molecule has 1 saturated carbocycles. The van der Waals surface area contributed by atoms with Gasteiger partial charge in [0.1, 0.15) is 5.78 Å². The molecular weight excluding hydrogens is 476 g/mol. The summed E-state index contributed by atoms with van der Waals surface area (Å²) in [5, 5.41) is 23.1. The number of rotatable bonds is 11. The van der Waals surface area contributed by atoms with Crippen LogP contribution in [-0.4, -0.2) is 40.6 Å². The number of benzene rings is 1. The number of aliphatic hydroxyl groups is 2. The van der Waals surface area contributed by atoms with Crippen molar-refractivity contribution in [2.75, 3.05) is 0 Å². The Morgan fingerprint density at radius 2 is 2.03 bits per heavy atom. The fourth-order valence-electron chi connectivity index (χ4n) is 4.67. The Morgan fingerprint density at radius 1 is 1.29 bits per heavy atom. The molecule has 1 fully saturated rings. The summed E-state index contributed by atoms with van der Waals surface area (Å²) in [6.07, 6.45) is 4.64. The van der Waals surface area contributed by atoms with Crippen LogP contribution in [0, 0.1) is 17.3 Å². The van der Waals surface area contributed by atoms with Crippen molar-refractivity contribution in [2.45, 2.75) is 64.6 Å². The monoisotopic (exact) mass is 506 g/mol. The summed E-state index contributed by atoms with van der Waals surface area (Å²) in [5.74, 6) is -1.41. The van der Waals surface area contributed by atoms with Crippen molar-refractivity contribution in [1.29, 1.82) is 0 Å². The molecule has 1 aromatic heterocycles. The Morgan fingerprint density at radius 3 is 2.74 bits per heavy atom. The normalized spacial score (nSPS) is 23.0. The second-order valence-electron chi connectivity index (χ2n) is 9.37. The molecule has 0 aliphatic heterocycles. The Hall–Kier alpha value is -2.06. The van der Waals surface area contributed by atoms with Crippen LogP contribution in [0.15, 0.2) is 36.4 Å². The smallest absolute Gasteiger partial charge is 0.313 e. The van der Waals surface area contributed by atoms with Gasteiger partial charge < -0.3 is 14.9 Å². The van der Waals surface area contributed by atoms with Gasteiger partial charge >= 0.3 is 12.4 Å². The van der Waals surface area contributed by atoms with Crippen LogP contribution in [0.25, 0.3) is 10.1 Å². The van der Waals surface area contributed by atoms with Gasteiger partial charge in [-0.25, -0.2) is 0 Å². The molecule has 4 atom stereocenters. The summed E-state index contributed by atoms with van der Waals surface area (Å²) < 4.78 is 5.39. The fourth-order valence-corrected chi connectivity index (χ4v) is 6.21. The van der Waals surface area contributed by atoms with Crippen molar-refractivity contribution >= 4 is 51.2 Å². The summed E-state index contributed by atoms with van der Waals surface area (Å²) in [4.78, 5) is 35.5. The number of aryl methyl sites for hydroxylation is 1. The summed E-state index contributed by atoms with van der Waals surface area (Å²) in [5.41, 5.74) is -0.883. The van der Waals surface area contributed by atoms with E-state index in [1.165, 1.54) is 0 Å². The number of esters is 1. The number of halogens is 1. The van der Waals surface area contributed by atoms with E-state index in [2.05, 4.69) is 4.74 Å². The molecule has 1 aromatic carbocycles. The van der Waals surface area contributed by atoms with Gasteiger partial charge in [0.15, 0.2) is 0 Å². The number of ether oxygens (including phenoxy) is 1. The van der Waals surface area contributed by atoms with Gasteiger partial charge in [-0.15, -0.1) is 11.3 Å². The van der Waals surface area contributed by atoms with Crippen LogP contribution in [0.3, 0.4) is 0 Å². The molecule has 2 N–H and O–H groups in total. The lowest BCUT2D eigenvalue weighted by molar-refractivity contribution is -0.151. The number of hydrogen-bond acceptors (Lipinski definition) is 7. The average Bonchev–Trinajstić information content (AvgIpc) is 3.21. The highest BCUT2D eigenvalue weighted by atomic mass is 35.5. The van der Waals surface area contributed by atoms with Gasteiger partial charge in [0.05, 0.1) is 22.6 Å². The number of carbonyl (C=O) groups is 3. The van der Waals surface area contributed by atoms with E-state index in [0.29, 0.717) is 32.1 Å². The largest absolute Gasteiger partial charge is 0.395 e. The molecule has 0 spiro atoms. The molecule has 34 heavy (non-hydrogen) atoms. The highest BCUT2D eigenvalue weighted by Gasteiger charge is 2.52. The first-order chi connectivity index (χ1) is 16.2. The molecule has 1 aliphatic rings. The second-order valence-corrected chi connectivity index (χ2v) is 10.9. The highest BCUT2D eigenvalue weighted by Crippen LogP contribution is 2.45. The zero-order valence-corrected chi connectivity index (χ0v) is 21.0. The molecular formula is C26H31ClO6S. The Kier molecular flexibility index (Phi) is 9.04. The van der Waals surface area contributed by atoms with E-state index in [-0.39, 0.29) is 18.7 Å². The van der Waals surface area contributed by atoms with Crippen molar-refractivity contribution in [3.8, 4) is 0 Å². The maximum atomic E-state index is 12.9. The third-order valence-corrected chi connectivity index (χ3v) is 8.46. The summed E-state index contributed by atoms with van der Waals surface area (Å²) >= 11 is 8.12. The zero-order valence-electron chi connectivity index (χ0n) is 19.4. The first-order valence-corrected chi connectivity index (χ1v) is 12.7. The van der Waals surface area contributed by atoms with Crippen LogP contribution in [0.4, 0.5) is 0 Å². The number of hydrogen-bond donors (Lipinski definition) is 2. The third kappa shape index (κ3) is 5.95. The minimum atomic E-state index is -0.883. The molecule has 184 valence electrons.